The van der Waals surface area contributed by atoms with Crippen LogP contribution in [0.15, 0.2) is 35.2 Å². The predicted octanol–water partition coefficient (Wildman–Crippen LogP) is 3.48. The molecule has 0 radical (unpaired) electrons. The number of likely N-dealkylation sites (N-methyl/N-ethyl adjacent to an activating group) is 1. The molecule has 2 rings (SSSR count). The highest BCUT2D eigenvalue weighted by Gasteiger charge is 2.18. The molecular weight excluding hydrogens is 484 g/mol. The van der Waals surface area contributed by atoms with Gasteiger partial charge in [-0.1, -0.05) is 24.9 Å². The van der Waals surface area contributed by atoms with Gasteiger partial charge in [-0.15, -0.1) is 0 Å². The van der Waals surface area contributed by atoms with Gasteiger partial charge in [-0.25, -0.2) is 13.1 Å². The number of carbonyl (C=O) groups excluding carboxylic acids is 1. The molecule has 34 heavy (non-hydrogen) atoms. The van der Waals surface area contributed by atoms with Crippen LogP contribution in [0.3, 0.4) is 0 Å². The molecular formula is C23H31ClN2O7S. The van der Waals surface area contributed by atoms with E-state index >= 15 is 0 Å². The van der Waals surface area contributed by atoms with Crippen molar-refractivity contribution in [2.45, 2.75) is 31.2 Å². The van der Waals surface area contributed by atoms with Crippen LogP contribution in [0.4, 0.5) is 0 Å². The summed E-state index contributed by atoms with van der Waals surface area (Å²) in [6.07, 6.45) is 1.61. The molecule has 0 saturated heterocycles. The molecule has 0 aromatic heterocycles. The Morgan fingerprint density at radius 3 is 2.21 bits per heavy atom. The number of hydrogen-bond acceptors (Lipinski definition) is 7. The average molecular weight is 515 g/mol. The van der Waals surface area contributed by atoms with Gasteiger partial charge >= 0.3 is 0 Å². The Balaban J connectivity index is 2.03. The molecule has 0 atom stereocenters. The molecule has 188 valence electrons. The van der Waals surface area contributed by atoms with Gasteiger partial charge in [0.15, 0.2) is 18.1 Å². The fourth-order valence-corrected chi connectivity index (χ4v) is 4.47. The zero-order chi connectivity index (χ0) is 25.3. The van der Waals surface area contributed by atoms with Crippen molar-refractivity contribution < 1.29 is 32.2 Å². The lowest BCUT2D eigenvalue weighted by molar-refractivity contribution is -0.132. The van der Waals surface area contributed by atoms with Gasteiger partial charge in [-0.3, -0.25) is 4.79 Å². The largest absolute Gasteiger partial charge is 0.493 e. The molecule has 0 heterocycles. The zero-order valence-electron chi connectivity index (χ0n) is 20.0. The monoisotopic (exact) mass is 514 g/mol. The minimum Gasteiger partial charge on any atom is -0.493 e. The number of ether oxygens (including phenoxy) is 4. The van der Waals surface area contributed by atoms with Crippen LogP contribution >= 0.6 is 11.6 Å². The molecule has 0 aliphatic rings. The van der Waals surface area contributed by atoms with E-state index in [0.717, 1.165) is 18.4 Å². The fourth-order valence-electron chi connectivity index (χ4n) is 3.07. The van der Waals surface area contributed by atoms with E-state index in [-0.39, 0.29) is 34.7 Å². The van der Waals surface area contributed by atoms with Crippen LogP contribution in [0.1, 0.15) is 25.3 Å². The zero-order valence-corrected chi connectivity index (χ0v) is 21.6. The number of methoxy groups -OCH3 is 3. The van der Waals surface area contributed by atoms with Crippen LogP contribution in [-0.4, -0.2) is 60.8 Å². The van der Waals surface area contributed by atoms with Gasteiger partial charge in [-0.05, 0) is 42.3 Å². The SMILES string of the molecule is CCCCNS(=O)(=O)c1ccc(OCC(=O)N(C)Cc2cc(OC)c(OC)c(OC)c2)c(Cl)c1. The van der Waals surface area contributed by atoms with Gasteiger partial charge in [0.2, 0.25) is 15.8 Å². The number of rotatable bonds is 13. The molecule has 0 saturated carbocycles. The third kappa shape index (κ3) is 7.15. The topological polar surface area (TPSA) is 103 Å². The molecule has 2 aromatic rings. The van der Waals surface area contributed by atoms with Crippen molar-refractivity contribution in [1.29, 1.82) is 0 Å². The number of nitrogens with one attached hydrogen (secondary N) is 1. The van der Waals surface area contributed by atoms with Crippen molar-refractivity contribution >= 4 is 27.5 Å². The third-order valence-corrected chi connectivity index (χ3v) is 6.71. The van der Waals surface area contributed by atoms with Crippen molar-refractivity contribution in [3.05, 3.63) is 40.9 Å². The van der Waals surface area contributed by atoms with E-state index in [4.69, 9.17) is 30.5 Å². The summed E-state index contributed by atoms with van der Waals surface area (Å²) in [4.78, 5) is 14.1. The summed E-state index contributed by atoms with van der Waals surface area (Å²) in [6.45, 7) is 2.32. The van der Waals surface area contributed by atoms with E-state index in [1.165, 1.54) is 44.4 Å². The Hall–Kier alpha value is -2.69. The second-order valence-electron chi connectivity index (χ2n) is 7.42. The van der Waals surface area contributed by atoms with Crippen LogP contribution in [0.5, 0.6) is 23.0 Å². The van der Waals surface area contributed by atoms with Crippen LogP contribution in [0, 0.1) is 0 Å². The number of hydrogen-bond donors (Lipinski definition) is 1. The Morgan fingerprint density at radius 1 is 1.03 bits per heavy atom. The Kier molecular flexibility index (Phi) is 10.3. The lowest BCUT2D eigenvalue weighted by Gasteiger charge is -2.20. The van der Waals surface area contributed by atoms with Crippen molar-refractivity contribution in [3.8, 4) is 23.0 Å². The van der Waals surface area contributed by atoms with E-state index < -0.39 is 10.0 Å². The molecule has 2 aromatic carbocycles. The molecule has 1 amide bonds. The molecule has 0 fully saturated rings. The molecule has 0 bridgehead atoms. The van der Waals surface area contributed by atoms with Gasteiger partial charge in [0, 0.05) is 20.1 Å². The predicted molar refractivity (Wildman–Crippen MR) is 130 cm³/mol. The minimum absolute atomic E-state index is 0.0341. The summed E-state index contributed by atoms with van der Waals surface area (Å²) < 4.78 is 48.7. The van der Waals surface area contributed by atoms with Gasteiger partial charge in [0.05, 0.1) is 31.2 Å². The Morgan fingerprint density at radius 2 is 1.68 bits per heavy atom. The molecule has 0 aliphatic carbocycles. The number of sulfonamides is 1. The van der Waals surface area contributed by atoms with E-state index in [0.29, 0.717) is 23.8 Å². The standard InChI is InChI=1S/C23H31ClN2O7S/c1-6-7-10-25-34(28,29)17-8-9-19(18(24)13-17)33-15-22(27)26(2)14-16-11-20(30-3)23(32-5)21(12-16)31-4/h8-9,11-13,25H,6-7,10,14-15H2,1-5H3. The van der Waals surface area contributed by atoms with Gasteiger partial charge in [-0.2, -0.15) is 0 Å². The van der Waals surface area contributed by atoms with E-state index in [1.807, 2.05) is 6.92 Å². The minimum atomic E-state index is -3.66. The van der Waals surface area contributed by atoms with Crippen LogP contribution in [0.2, 0.25) is 5.02 Å². The van der Waals surface area contributed by atoms with Crippen molar-refractivity contribution in [2.75, 3.05) is 41.5 Å². The lowest BCUT2D eigenvalue weighted by Crippen LogP contribution is -2.31. The first-order valence-corrected chi connectivity index (χ1v) is 12.5. The number of benzene rings is 2. The van der Waals surface area contributed by atoms with Gasteiger partial charge in [0.25, 0.3) is 5.91 Å². The summed E-state index contributed by atoms with van der Waals surface area (Å²) in [6, 6.07) is 7.64. The van der Waals surface area contributed by atoms with E-state index in [9.17, 15) is 13.2 Å². The molecule has 0 unspecified atom stereocenters. The number of nitrogens with zero attached hydrogens (tertiary/aromatic N) is 1. The first kappa shape index (κ1) is 27.6. The highest BCUT2D eigenvalue weighted by molar-refractivity contribution is 7.89. The highest BCUT2D eigenvalue weighted by atomic mass is 35.5. The normalized spacial score (nSPS) is 11.1. The van der Waals surface area contributed by atoms with Crippen LogP contribution < -0.4 is 23.7 Å². The smallest absolute Gasteiger partial charge is 0.260 e. The fraction of sp³-hybridized carbons (Fsp3) is 0.435. The van der Waals surface area contributed by atoms with E-state index in [2.05, 4.69) is 4.72 Å². The molecule has 11 heteroatoms. The summed E-state index contributed by atoms with van der Waals surface area (Å²) in [5, 5.41) is 0.0958. The number of halogens is 1. The Labute approximate surface area is 205 Å². The maximum Gasteiger partial charge on any atom is 0.260 e. The number of amides is 1. The third-order valence-electron chi connectivity index (χ3n) is 4.96. The number of carbonyl (C=O) groups is 1. The Bertz CT molecular complexity index is 1070. The molecule has 1 N–H and O–H groups in total. The summed E-state index contributed by atoms with van der Waals surface area (Å²) in [5.41, 5.74) is 0.772. The first-order valence-electron chi connectivity index (χ1n) is 10.6. The molecule has 9 nitrogen and oxygen atoms in total. The number of unbranched alkanes of at least 4 members (excludes halogenated alkanes) is 1. The second-order valence-corrected chi connectivity index (χ2v) is 9.59. The van der Waals surface area contributed by atoms with Gasteiger partial charge in [0.1, 0.15) is 5.75 Å². The summed E-state index contributed by atoms with van der Waals surface area (Å²) in [7, 11) is 2.53. The van der Waals surface area contributed by atoms with Crippen molar-refractivity contribution in [3.63, 3.8) is 0 Å². The van der Waals surface area contributed by atoms with Crippen LogP contribution in [-0.2, 0) is 21.4 Å². The highest BCUT2D eigenvalue weighted by Crippen LogP contribution is 2.38. The van der Waals surface area contributed by atoms with Gasteiger partial charge < -0.3 is 23.8 Å². The second kappa shape index (κ2) is 12.7. The van der Waals surface area contributed by atoms with Crippen LogP contribution in [0.25, 0.3) is 0 Å². The lowest BCUT2D eigenvalue weighted by atomic mass is 10.1. The maximum atomic E-state index is 12.6. The summed E-state index contributed by atoms with van der Waals surface area (Å²) in [5.74, 6) is 1.35. The first-order chi connectivity index (χ1) is 16.2. The average Bonchev–Trinajstić information content (AvgIpc) is 2.82. The molecule has 0 spiro atoms. The van der Waals surface area contributed by atoms with Crippen molar-refractivity contribution in [1.82, 2.24) is 9.62 Å². The summed E-state index contributed by atoms with van der Waals surface area (Å²) >= 11 is 6.20. The maximum absolute atomic E-state index is 12.6. The van der Waals surface area contributed by atoms with E-state index in [1.54, 1.807) is 19.2 Å². The quantitative estimate of drug-likeness (QED) is 0.408. The molecule has 0 aliphatic heterocycles. The van der Waals surface area contributed by atoms with Crippen molar-refractivity contribution in [2.24, 2.45) is 0 Å².